The average Bonchev–Trinajstić information content (AvgIpc) is 3.09. The molecule has 1 fully saturated rings. The van der Waals surface area contributed by atoms with Crippen LogP contribution >= 0.6 is 23.2 Å². The predicted molar refractivity (Wildman–Crippen MR) is 68.1 cm³/mol. The Labute approximate surface area is 110 Å². The Morgan fingerprint density at radius 1 is 1.47 bits per heavy atom. The van der Waals surface area contributed by atoms with Crippen molar-refractivity contribution in [3.8, 4) is 5.75 Å². The smallest absolute Gasteiger partial charge is 0.124 e. The Morgan fingerprint density at radius 3 is 2.82 bits per heavy atom. The predicted octanol–water partition coefficient (Wildman–Crippen LogP) is 3.42. The van der Waals surface area contributed by atoms with Gasteiger partial charge in [-0.2, -0.15) is 0 Å². The summed E-state index contributed by atoms with van der Waals surface area (Å²) in [7, 11) is 1.91. The molecule has 0 radical (unpaired) electrons. The summed E-state index contributed by atoms with van der Waals surface area (Å²) < 4.78 is 17.5. The van der Waals surface area contributed by atoms with Gasteiger partial charge in [-0.15, -0.1) is 0 Å². The lowest BCUT2D eigenvalue weighted by atomic mass is 10.1. The van der Waals surface area contributed by atoms with Crippen LogP contribution in [0, 0.1) is 0 Å². The van der Waals surface area contributed by atoms with Gasteiger partial charge in [0.2, 0.25) is 0 Å². The van der Waals surface area contributed by atoms with E-state index in [0.29, 0.717) is 27.8 Å². The Morgan fingerprint density at radius 2 is 2.24 bits per heavy atom. The molecule has 1 N–H and O–H groups in total. The van der Waals surface area contributed by atoms with E-state index < -0.39 is 6.67 Å². The highest BCUT2D eigenvalue weighted by atomic mass is 35.5. The normalized spacial score (nSPS) is 22.6. The number of ether oxygens (including phenoxy) is 1. The zero-order valence-electron chi connectivity index (χ0n) is 9.47. The first kappa shape index (κ1) is 12.9. The fraction of sp³-hybridized carbons (Fsp3) is 0.500. The summed E-state index contributed by atoms with van der Waals surface area (Å²) in [6.07, 6.45) is 1.00. The van der Waals surface area contributed by atoms with Gasteiger partial charge in [0.25, 0.3) is 0 Å². The van der Waals surface area contributed by atoms with Crippen LogP contribution in [0.15, 0.2) is 12.1 Å². The van der Waals surface area contributed by atoms with E-state index in [1.165, 1.54) is 0 Å². The molecule has 94 valence electrons. The molecule has 2 atom stereocenters. The molecule has 1 saturated carbocycles. The van der Waals surface area contributed by atoms with E-state index in [2.05, 4.69) is 5.32 Å². The maximum absolute atomic E-state index is 12.2. The van der Waals surface area contributed by atoms with E-state index in [0.717, 1.165) is 12.0 Å². The van der Waals surface area contributed by atoms with Crippen molar-refractivity contribution in [2.75, 3.05) is 20.3 Å². The molecule has 2 rings (SSSR count). The second-order valence-electron chi connectivity index (χ2n) is 4.05. The van der Waals surface area contributed by atoms with Crippen molar-refractivity contribution in [1.29, 1.82) is 0 Å². The Kier molecular flexibility index (Phi) is 4.13. The molecule has 0 saturated heterocycles. The lowest BCUT2D eigenvalue weighted by Crippen LogP contribution is -2.11. The van der Waals surface area contributed by atoms with Crippen molar-refractivity contribution >= 4 is 23.2 Å². The third kappa shape index (κ3) is 2.67. The first-order valence-electron chi connectivity index (χ1n) is 5.53. The molecule has 2 nitrogen and oxygen atoms in total. The molecule has 0 spiro atoms. The number of rotatable bonds is 5. The molecular weight excluding hydrogens is 264 g/mol. The molecule has 17 heavy (non-hydrogen) atoms. The van der Waals surface area contributed by atoms with Gasteiger partial charge in [-0.25, -0.2) is 4.39 Å². The van der Waals surface area contributed by atoms with E-state index in [1.807, 2.05) is 7.05 Å². The topological polar surface area (TPSA) is 21.3 Å². The van der Waals surface area contributed by atoms with Crippen LogP contribution in [0.25, 0.3) is 0 Å². The minimum absolute atomic E-state index is 0.0436. The maximum atomic E-state index is 12.2. The lowest BCUT2D eigenvalue weighted by molar-refractivity contribution is 0.271. The fourth-order valence-electron chi connectivity index (χ4n) is 2.00. The number of likely N-dealkylation sites (N-methyl/N-ethyl adjacent to an activating group) is 1. The summed E-state index contributed by atoms with van der Waals surface area (Å²) >= 11 is 12.2. The van der Waals surface area contributed by atoms with Crippen molar-refractivity contribution < 1.29 is 9.13 Å². The second kappa shape index (κ2) is 5.42. The summed E-state index contributed by atoms with van der Waals surface area (Å²) in [6.45, 7) is -0.471. The van der Waals surface area contributed by atoms with Crippen LogP contribution in [0.1, 0.15) is 17.9 Å². The van der Waals surface area contributed by atoms with E-state index in [4.69, 9.17) is 27.9 Å². The van der Waals surface area contributed by atoms with Crippen LogP contribution in [0.4, 0.5) is 4.39 Å². The van der Waals surface area contributed by atoms with Crippen LogP contribution in [0.5, 0.6) is 5.75 Å². The Balaban J connectivity index is 2.29. The summed E-state index contributed by atoms with van der Waals surface area (Å²) in [6, 6.07) is 3.83. The maximum Gasteiger partial charge on any atom is 0.124 e. The fourth-order valence-corrected chi connectivity index (χ4v) is 2.46. The molecule has 0 heterocycles. The number of nitrogens with one attached hydrogen (secondary N) is 1. The molecule has 1 aliphatic rings. The van der Waals surface area contributed by atoms with E-state index in [-0.39, 0.29) is 6.61 Å². The molecule has 0 aromatic heterocycles. The molecule has 1 aromatic rings. The van der Waals surface area contributed by atoms with Gasteiger partial charge in [-0.1, -0.05) is 23.2 Å². The van der Waals surface area contributed by atoms with Crippen molar-refractivity contribution in [3.63, 3.8) is 0 Å². The number of hydrogen-bond acceptors (Lipinski definition) is 2. The zero-order chi connectivity index (χ0) is 12.4. The standard InChI is InChI=1S/C12H14Cl2FNO/c1-16-9-6-7(9)11-10(17-5-4-15)3-2-8(13)12(11)14/h2-3,7,9,16H,4-6H2,1H3. The molecule has 5 heteroatoms. The Bertz CT molecular complexity index is 414. The van der Waals surface area contributed by atoms with Gasteiger partial charge in [0.1, 0.15) is 19.0 Å². The van der Waals surface area contributed by atoms with Gasteiger partial charge < -0.3 is 10.1 Å². The highest BCUT2D eigenvalue weighted by Gasteiger charge is 2.40. The summed E-state index contributed by atoms with van der Waals surface area (Å²) in [4.78, 5) is 0. The first-order chi connectivity index (χ1) is 8.19. The molecular formula is C12H14Cl2FNO. The van der Waals surface area contributed by atoms with Gasteiger partial charge in [-0.05, 0) is 25.6 Å². The first-order valence-corrected chi connectivity index (χ1v) is 6.28. The lowest BCUT2D eigenvalue weighted by Gasteiger charge is -2.13. The largest absolute Gasteiger partial charge is 0.491 e. The molecule has 0 aliphatic heterocycles. The number of alkyl halides is 1. The van der Waals surface area contributed by atoms with Crippen LogP contribution in [0.2, 0.25) is 10.0 Å². The van der Waals surface area contributed by atoms with Gasteiger partial charge in [0.05, 0.1) is 10.0 Å². The van der Waals surface area contributed by atoms with Gasteiger partial charge in [0, 0.05) is 17.5 Å². The zero-order valence-corrected chi connectivity index (χ0v) is 11.0. The highest BCUT2D eigenvalue weighted by Crippen LogP contribution is 2.49. The van der Waals surface area contributed by atoms with Crippen LogP contribution in [-0.2, 0) is 0 Å². The van der Waals surface area contributed by atoms with Gasteiger partial charge in [-0.3, -0.25) is 0 Å². The van der Waals surface area contributed by atoms with Crippen molar-refractivity contribution in [3.05, 3.63) is 27.7 Å². The van der Waals surface area contributed by atoms with E-state index in [9.17, 15) is 4.39 Å². The summed E-state index contributed by atoms with van der Waals surface area (Å²) in [5, 5.41) is 4.22. The highest BCUT2D eigenvalue weighted by molar-refractivity contribution is 6.42. The molecule has 1 aliphatic carbocycles. The van der Waals surface area contributed by atoms with Gasteiger partial charge >= 0.3 is 0 Å². The summed E-state index contributed by atoms with van der Waals surface area (Å²) in [5.41, 5.74) is 0.895. The SMILES string of the molecule is CNC1CC1c1c(OCCF)ccc(Cl)c1Cl. The molecule has 0 amide bonds. The monoisotopic (exact) mass is 277 g/mol. The molecule has 2 unspecified atom stereocenters. The van der Waals surface area contributed by atoms with Crippen LogP contribution in [-0.4, -0.2) is 26.4 Å². The third-order valence-electron chi connectivity index (χ3n) is 2.96. The Hall–Kier alpha value is -0.510. The van der Waals surface area contributed by atoms with Crippen LogP contribution < -0.4 is 10.1 Å². The minimum atomic E-state index is -0.514. The van der Waals surface area contributed by atoms with Gasteiger partial charge in [0.15, 0.2) is 0 Å². The average molecular weight is 278 g/mol. The quantitative estimate of drug-likeness (QED) is 0.891. The third-order valence-corrected chi connectivity index (χ3v) is 3.78. The number of benzene rings is 1. The van der Waals surface area contributed by atoms with Crippen molar-refractivity contribution in [1.82, 2.24) is 5.32 Å². The summed E-state index contributed by atoms with van der Waals surface area (Å²) in [5.74, 6) is 0.945. The van der Waals surface area contributed by atoms with E-state index in [1.54, 1.807) is 12.1 Å². The van der Waals surface area contributed by atoms with E-state index >= 15 is 0 Å². The second-order valence-corrected chi connectivity index (χ2v) is 4.83. The number of halogens is 3. The minimum Gasteiger partial charge on any atom is -0.491 e. The molecule has 0 bridgehead atoms. The molecule has 1 aromatic carbocycles. The number of hydrogen-bond donors (Lipinski definition) is 1. The van der Waals surface area contributed by atoms with Crippen molar-refractivity contribution in [2.45, 2.75) is 18.4 Å². The van der Waals surface area contributed by atoms with Crippen LogP contribution in [0.3, 0.4) is 0 Å². The van der Waals surface area contributed by atoms with Crippen molar-refractivity contribution in [2.24, 2.45) is 0 Å².